The fourth-order valence-corrected chi connectivity index (χ4v) is 1.99. The van der Waals surface area contributed by atoms with Gasteiger partial charge in [0.05, 0.1) is 19.9 Å². The van der Waals surface area contributed by atoms with Crippen LogP contribution < -0.4 is 14.8 Å². The second-order valence-corrected chi connectivity index (χ2v) is 4.88. The summed E-state index contributed by atoms with van der Waals surface area (Å²) in [5.41, 5.74) is 0.868. The maximum atomic E-state index is 5.77. The van der Waals surface area contributed by atoms with Crippen LogP contribution in [0, 0.1) is 5.92 Å². The highest BCUT2D eigenvalue weighted by Crippen LogP contribution is 2.28. The van der Waals surface area contributed by atoms with Gasteiger partial charge in [-0.1, -0.05) is 6.92 Å². The number of halogens is 1. The average molecular weight is 287 g/mol. The molecule has 0 fully saturated rings. The summed E-state index contributed by atoms with van der Waals surface area (Å²) >= 11 is 5.77. The zero-order valence-corrected chi connectivity index (χ0v) is 12.7. The van der Waals surface area contributed by atoms with E-state index in [1.54, 1.807) is 26.5 Å². The maximum Gasteiger partial charge on any atom is 0.183 e. The van der Waals surface area contributed by atoms with Crippen LogP contribution in [0.2, 0.25) is 0 Å². The van der Waals surface area contributed by atoms with Gasteiger partial charge < -0.3 is 14.8 Å². The molecular weight excluding hydrogens is 264 g/mol. The molecule has 0 aliphatic carbocycles. The van der Waals surface area contributed by atoms with Crippen LogP contribution in [0.1, 0.15) is 25.5 Å². The zero-order chi connectivity index (χ0) is 14.1. The maximum absolute atomic E-state index is 5.77. The van der Waals surface area contributed by atoms with Crippen molar-refractivity contribution in [3.05, 3.63) is 18.0 Å². The molecule has 0 bridgehead atoms. The Hall–Kier alpha value is -1.00. The molecule has 108 valence electrons. The van der Waals surface area contributed by atoms with Crippen molar-refractivity contribution in [2.75, 3.05) is 26.6 Å². The third-order valence-electron chi connectivity index (χ3n) is 2.97. The van der Waals surface area contributed by atoms with E-state index in [0.29, 0.717) is 24.0 Å². The Morgan fingerprint density at radius 2 is 2.16 bits per heavy atom. The summed E-state index contributed by atoms with van der Waals surface area (Å²) < 4.78 is 10.6. The van der Waals surface area contributed by atoms with Gasteiger partial charge in [0.1, 0.15) is 0 Å². The first kappa shape index (κ1) is 16.1. The van der Waals surface area contributed by atoms with Crippen LogP contribution >= 0.6 is 11.6 Å². The molecular formula is C14H23ClN2O2. The summed E-state index contributed by atoms with van der Waals surface area (Å²) in [6.45, 7) is 3.79. The normalized spacial score (nSPS) is 12.2. The molecule has 0 amide bonds. The molecule has 1 heterocycles. The molecule has 4 nitrogen and oxygen atoms in total. The molecule has 0 radical (unpaired) electrons. The van der Waals surface area contributed by atoms with Crippen molar-refractivity contribution >= 4 is 11.6 Å². The Kier molecular flexibility index (Phi) is 7.60. The molecule has 1 aromatic rings. The Morgan fingerprint density at radius 1 is 1.37 bits per heavy atom. The molecule has 1 N–H and O–H groups in total. The lowest BCUT2D eigenvalue weighted by atomic mass is 10.1. The zero-order valence-electron chi connectivity index (χ0n) is 11.9. The number of ether oxygens (including phenoxy) is 2. The minimum atomic E-state index is 0.577. The average Bonchev–Trinajstić information content (AvgIpc) is 2.45. The van der Waals surface area contributed by atoms with Gasteiger partial charge >= 0.3 is 0 Å². The van der Waals surface area contributed by atoms with Gasteiger partial charge in [0.15, 0.2) is 11.5 Å². The lowest BCUT2D eigenvalue weighted by Gasteiger charge is -2.12. The number of hydrogen-bond donors (Lipinski definition) is 1. The molecule has 1 aromatic heterocycles. The number of aromatic nitrogens is 1. The lowest BCUT2D eigenvalue weighted by Crippen LogP contribution is -2.17. The van der Waals surface area contributed by atoms with Crippen molar-refractivity contribution in [2.24, 2.45) is 5.92 Å². The number of nitrogens with zero attached hydrogens (tertiary/aromatic N) is 1. The second-order valence-electron chi connectivity index (χ2n) is 4.57. The van der Waals surface area contributed by atoms with E-state index in [0.717, 1.165) is 31.0 Å². The monoisotopic (exact) mass is 286 g/mol. The van der Waals surface area contributed by atoms with Gasteiger partial charge in [-0.25, -0.2) is 0 Å². The Morgan fingerprint density at radius 3 is 2.79 bits per heavy atom. The SMILES string of the molecule is COc1ccnc(CNCCCC(C)CCl)c1OC. The summed E-state index contributed by atoms with van der Waals surface area (Å²) in [6.07, 6.45) is 3.98. The quantitative estimate of drug-likeness (QED) is 0.560. The molecule has 0 saturated heterocycles. The minimum Gasteiger partial charge on any atom is -0.493 e. The standard InChI is InChI=1S/C14H23ClN2O2/c1-11(9-15)5-4-7-16-10-12-14(19-3)13(18-2)6-8-17-12/h6,8,11,16H,4-5,7,9-10H2,1-3H3. The summed E-state index contributed by atoms with van der Waals surface area (Å²) in [5.74, 6) is 2.72. The number of methoxy groups -OCH3 is 2. The summed E-state index contributed by atoms with van der Waals surface area (Å²) in [5, 5.41) is 3.37. The van der Waals surface area contributed by atoms with Gasteiger partial charge in [-0.3, -0.25) is 4.98 Å². The number of rotatable bonds is 9. The lowest BCUT2D eigenvalue weighted by molar-refractivity contribution is 0.348. The molecule has 19 heavy (non-hydrogen) atoms. The molecule has 1 rings (SSSR count). The Bertz CT molecular complexity index is 374. The van der Waals surface area contributed by atoms with Crippen molar-refractivity contribution in [1.29, 1.82) is 0 Å². The van der Waals surface area contributed by atoms with Crippen molar-refractivity contribution in [2.45, 2.75) is 26.3 Å². The van der Waals surface area contributed by atoms with Gasteiger partial charge in [0.25, 0.3) is 0 Å². The van der Waals surface area contributed by atoms with Crippen molar-refractivity contribution in [3.63, 3.8) is 0 Å². The predicted molar refractivity (Wildman–Crippen MR) is 78.2 cm³/mol. The van der Waals surface area contributed by atoms with Gasteiger partial charge in [-0.15, -0.1) is 11.6 Å². The first-order valence-electron chi connectivity index (χ1n) is 6.55. The number of pyridine rings is 1. The Labute approximate surface area is 120 Å². The van der Waals surface area contributed by atoms with Gasteiger partial charge in [0.2, 0.25) is 0 Å². The molecule has 0 spiro atoms. The van der Waals surface area contributed by atoms with Crippen molar-refractivity contribution in [1.82, 2.24) is 10.3 Å². The molecule has 1 atom stereocenters. The van der Waals surface area contributed by atoms with Crippen LogP contribution in [-0.2, 0) is 6.54 Å². The van der Waals surface area contributed by atoms with E-state index in [1.165, 1.54) is 0 Å². The van der Waals surface area contributed by atoms with E-state index in [1.807, 2.05) is 0 Å². The highest BCUT2D eigenvalue weighted by Gasteiger charge is 2.10. The number of hydrogen-bond acceptors (Lipinski definition) is 4. The van der Waals surface area contributed by atoms with E-state index in [-0.39, 0.29) is 0 Å². The van der Waals surface area contributed by atoms with Crippen LogP contribution in [0.5, 0.6) is 11.5 Å². The molecule has 0 aliphatic rings. The van der Waals surface area contributed by atoms with Crippen LogP contribution in [-0.4, -0.2) is 31.6 Å². The van der Waals surface area contributed by atoms with E-state index in [2.05, 4.69) is 17.2 Å². The summed E-state index contributed by atoms with van der Waals surface area (Å²) in [7, 11) is 3.26. The number of nitrogens with one attached hydrogen (secondary N) is 1. The van der Waals surface area contributed by atoms with Crippen LogP contribution in [0.3, 0.4) is 0 Å². The molecule has 0 saturated carbocycles. The first-order chi connectivity index (χ1) is 9.22. The summed E-state index contributed by atoms with van der Waals surface area (Å²) in [6, 6.07) is 1.80. The van der Waals surface area contributed by atoms with Crippen LogP contribution in [0.4, 0.5) is 0 Å². The Balaban J connectivity index is 2.41. The first-order valence-corrected chi connectivity index (χ1v) is 7.08. The molecule has 0 aromatic carbocycles. The van der Waals surface area contributed by atoms with Crippen molar-refractivity contribution in [3.8, 4) is 11.5 Å². The molecule has 0 aliphatic heterocycles. The largest absolute Gasteiger partial charge is 0.493 e. The number of alkyl halides is 1. The second kappa shape index (κ2) is 8.99. The van der Waals surface area contributed by atoms with Gasteiger partial charge in [-0.2, -0.15) is 0 Å². The van der Waals surface area contributed by atoms with Crippen molar-refractivity contribution < 1.29 is 9.47 Å². The summed E-state index contributed by atoms with van der Waals surface area (Å²) in [4.78, 5) is 4.32. The van der Waals surface area contributed by atoms with Crippen LogP contribution in [0.15, 0.2) is 12.3 Å². The fraction of sp³-hybridized carbons (Fsp3) is 0.643. The smallest absolute Gasteiger partial charge is 0.183 e. The third-order valence-corrected chi connectivity index (χ3v) is 3.50. The third kappa shape index (κ3) is 5.25. The van der Waals surface area contributed by atoms with E-state index >= 15 is 0 Å². The van der Waals surface area contributed by atoms with E-state index < -0.39 is 0 Å². The topological polar surface area (TPSA) is 43.4 Å². The van der Waals surface area contributed by atoms with Crippen LogP contribution in [0.25, 0.3) is 0 Å². The molecule has 1 unspecified atom stereocenters. The highest BCUT2D eigenvalue weighted by atomic mass is 35.5. The minimum absolute atomic E-state index is 0.577. The molecule has 5 heteroatoms. The predicted octanol–water partition coefficient (Wildman–Crippen LogP) is 2.84. The van der Waals surface area contributed by atoms with E-state index in [9.17, 15) is 0 Å². The van der Waals surface area contributed by atoms with E-state index in [4.69, 9.17) is 21.1 Å². The van der Waals surface area contributed by atoms with Gasteiger partial charge in [-0.05, 0) is 25.3 Å². The van der Waals surface area contributed by atoms with Gasteiger partial charge in [0, 0.05) is 24.7 Å². The highest BCUT2D eigenvalue weighted by molar-refractivity contribution is 6.18. The fourth-order valence-electron chi connectivity index (χ4n) is 1.84.